The molecule has 2 aromatic carbocycles. The van der Waals surface area contributed by atoms with Gasteiger partial charge in [0.15, 0.2) is 5.54 Å². The Bertz CT molecular complexity index is 885. The number of rotatable bonds is 8. The van der Waals surface area contributed by atoms with Gasteiger partial charge >= 0.3 is 0 Å². The molecule has 0 unspecified atom stereocenters. The lowest BCUT2D eigenvalue weighted by molar-refractivity contribution is -0.127. The third-order valence-corrected chi connectivity index (χ3v) is 5.75. The van der Waals surface area contributed by atoms with Gasteiger partial charge in [0.05, 0.1) is 6.61 Å². The number of nitrogens with zero attached hydrogens (tertiary/aromatic N) is 1. The zero-order chi connectivity index (χ0) is 20.9. The molecule has 0 saturated carbocycles. The first-order valence-corrected chi connectivity index (χ1v) is 10.4. The summed E-state index contributed by atoms with van der Waals surface area (Å²) in [5.74, 6) is 0.967. The highest BCUT2D eigenvalue weighted by Gasteiger charge is 2.50. The van der Waals surface area contributed by atoms with Crippen LogP contribution < -0.4 is 10.1 Å². The lowest BCUT2D eigenvalue weighted by Crippen LogP contribution is -2.51. The van der Waals surface area contributed by atoms with Gasteiger partial charge in [-0.3, -0.25) is 4.79 Å². The number of ether oxygens (including phenoxy) is 2. The molecular formula is C22H25BrN2O4. The van der Waals surface area contributed by atoms with Crippen LogP contribution in [0.3, 0.4) is 0 Å². The molecule has 2 aromatic rings. The number of hydrogen-bond acceptors (Lipinski definition) is 5. The fourth-order valence-electron chi connectivity index (χ4n) is 3.29. The van der Waals surface area contributed by atoms with E-state index in [0.29, 0.717) is 31.1 Å². The monoisotopic (exact) mass is 460 g/mol. The number of amides is 1. The number of hydrogen-bond donors (Lipinski definition) is 2. The number of benzene rings is 2. The lowest BCUT2D eigenvalue weighted by Gasteiger charge is -2.27. The van der Waals surface area contributed by atoms with E-state index < -0.39 is 11.6 Å². The summed E-state index contributed by atoms with van der Waals surface area (Å²) >= 11 is 3.56. The van der Waals surface area contributed by atoms with Gasteiger partial charge < -0.3 is 19.9 Å². The Labute approximate surface area is 179 Å². The molecule has 0 fully saturated rings. The summed E-state index contributed by atoms with van der Waals surface area (Å²) in [5, 5.41) is 11.6. The molecule has 1 amide bonds. The van der Waals surface area contributed by atoms with Crippen LogP contribution in [0.2, 0.25) is 0 Å². The maximum atomic E-state index is 12.9. The molecule has 1 aliphatic rings. The molecule has 0 radical (unpaired) electrons. The Morgan fingerprint density at radius 2 is 2.00 bits per heavy atom. The first kappa shape index (κ1) is 21.3. The highest BCUT2D eigenvalue weighted by atomic mass is 79.9. The predicted octanol–water partition coefficient (Wildman–Crippen LogP) is 3.10. The van der Waals surface area contributed by atoms with Crippen LogP contribution in [0.5, 0.6) is 5.75 Å². The van der Waals surface area contributed by atoms with Gasteiger partial charge in [0, 0.05) is 36.5 Å². The van der Waals surface area contributed by atoms with Crippen LogP contribution >= 0.6 is 15.9 Å². The van der Waals surface area contributed by atoms with Crippen LogP contribution in [0.15, 0.2) is 58.0 Å². The summed E-state index contributed by atoms with van der Waals surface area (Å²) in [7, 11) is 1.61. The summed E-state index contributed by atoms with van der Waals surface area (Å²) in [6.07, 6.45) is 0.574. The van der Waals surface area contributed by atoms with E-state index in [-0.39, 0.29) is 12.5 Å². The first-order valence-electron chi connectivity index (χ1n) is 9.56. The summed E-state index contributed by atoms with van der Waals surface area (Å²) in [5.41, 5.74) is 0.720. The average molecular weight is 461 g/mol. The zero-order valence-corrected chi connectivity index (χ0v) is 18.1. The highest BCUT2D eigenvalue weighted by Crippen LogP contribution is 2.34. The van der Waals surface area contributed by atoms with Gasteiger partial charge in [-0.1, -0.05) is 34.1 Å². The minimum Gasteiger partial charge on any atom is -0.494 e. The van der Waals surface area contributed by atoms with E-state index in [1.807, 2.05) is 55.5 Å². The minimum atomic E-state index is -1.05. The van der Waals surface area contributed by atoms with Crippen LogP contribution in [0, 0.1) is 0 Å². The Balaban J connectivity index is 1.88. The fourth-order valence-corrected chi connectivity index (χ4v) is 3.72. The molecule has 0 aromatic heterocycles. The highest BCUT2D eigenvalue weighted by molar-refractivity contribution is 9.10. The summed E-state index contributed by atoms with van der Waals surface area (Å²) < 4.78 is 12.5. The van der Waals surface area contributed by atoms with Gasteiger partial charge in [-0.05, 0) is 42.8 Å². The second-order valence-electron chi connectivity index (χ2n) is 6.90. The molecule has 0 bridgehead atoms. The molecule has 6 nitrogen and oxygen atoms in total. The van der Waals surface area contributed by atoms with E-state index in [1.165, 1.54) is 0 Å². The Morgan fingerprint density at radius 3 is 2.66 bits per heavy atom. The predicted molar refractivity (Wildman–Crippen MR) is 115 cm³/mol. The second kappa shape index (κ2) is 9.41. The number of likely N-dealkylation sites (N-methyl/N-ethyl adjacent to an activating group) is 1. The van der Waals surface area contributed by atoms with Crippen molar-refractivity contribution >= 4 is 27.7 Å². The van der Waals surface area contributed by atoms with Crippen molar-refractivity contribution in [1.82, 2.24) is 5.32 Å². The fraction of sp³-hybridized carbons (Fsp3) is 0.364. The maximum Gasteiger partial charge on any atom is 0.252 e. The molecular weight excluding hydrogens is 436 g/mol. The molecule has 1 aliphatic heterocycles. The Kier molecular flexibility index (Phi) is 6.92. The SMILES string of the molecule is CNC(=O)[C@]1(Cc2ccccc2Br)N=C(c2ccc(OCCCO)cc2)O[C@@H]1C. The first-order chi connectivity index (χ1) is 14.0. The van der Waals surface area contributed by atoms with Crippen molar-refractivity contribution in [1.29, 1.82) is 0 Å². The number of aliphatic hydroxyl groups excluding tert-OH is 1. The number of carbonyl (C=O) groups excluding carboxylic acids is 1. The molecule has 154 valence electrons. The zero-order valence-electron chi connectivity index (χ0n) is 16.5. The normalized spacial score (nSPS) is 20.7. The molecule has 1 heterocycles. The summed E-state index contributed by atoms with van der Waals surface area (Å²) in [6.45, 7) is 2.42. The molecule has 0 aliphatic carbocycles. The number of aliphatic imine (C=N–C) groups is 1. The Hall–Kier alpha value is -2.38. The summed E-state index contributed by atoms with van der Waals surface area (Å²) in [6, 6.07) is 15.2. The van der Waals surface area contributed by atoms with E-state index in [0.717, 1.165) is 15.6 Å². The third kappa shape index (κ3) is 4.62. The summed E-state index contributed by atoms with van der Waals surface area (Å²) in [4.78, 5) is 17.7. The van der Waals surface area contributed by atoms with Crippen LogP contribution in [-0.4, -0.2) is 48.8 Å². The topological polar surface area (TPSA) is 80.2 Å². The molecule has 0 saturated heterocycles. The smallest absolute Gasteiger partial charge is 0.252 e. The van der Waals surface area contributed by atoms with E-state index in [9.17, 15) is 4.79 Å². The van der Waals surface area contributed by atoms with Crippen molar-refractivity contribution < 1.29 is 19.4 Å². The van der Waals surface area contributed by atoms with Crippen LogP contribution in [0.1, 0.15) is 24.5 Å². The number of halogens is 1. The molecule has 7 heteroatoms. The number of aliphatic hydroxyl groups is 1. The van der Waals surface area contributed by atoms with E-state index >= 15 is 0 Å². The van der Waals surface area contributed by atoms with Gasteiger partial charge in [0.25, 0.3) is 5.91 Å². The molecule has 0 spiro atoms. The van der Waals surface area contributed by atoms with Crippen molar-refractivity contribution in [2.24, 2.45) is 4.99 Å². The van der Waals surface area contributed by atoms with Crippen molar-refractivity contribution in [2.45, 2.75) is 31.4 Å². The second-order valence-corrected chi connectivity index (χ2v) is 7.75. The van der Waals surface area contributed by atoms with Crippen molar-refractivity contribution in [3.8, 4) is 5.75 Å². The quantitative estimate of drug-likeness (QED) is 0.593. The average Bonchev–Trinajstić information content (AvgIpc) is 3.07. The maximum absolute atomic E-state index is 12.9. The van der Waals surface area contributed by atoms with E-state index in [1.54, 1.807) is 7.05 Å². The molecule has 29 heavy (non-hydrogen) atoms. The third-order valence-electron chi connectivity index (χ3n) is 4.97. The molecule has 2 atom stereocenters. The lowest BCUT2D eigenvalue weighted by atomic mass is 9.86. The van der Waals surface area contributed by atoms with Crippen molar-refractivity contribution in [3.63, 3.8) is 0 Å². The van der Waals surface area contributed by atoms with E-state index in [4.69, 9.17) is 19.6 Å². The molecule has 2 N–H and O–H groups in total. The van der Waals surface area contributed by atoms with Crippen LogP contribution in [0.4, 0.5) is 0 Å². The van der Waals surface area contributed by atoms with Gasteiger partial charge in [-0.15, -0.1) is 0 Å². The number of nitrogens with one attached hydrogen (secondary N) is 1. The van der Waals surface area contributed by atoms with Crippen LogP contribution in [0.25, 0.3) is 0 Å². The van der Waals surface area contributed by atoms with Crippen LogP contribution in [-0.2, 0) is 16.0 Å². The number of carbonyl (C=O) groups is 1. The minimum absolute atomic E-state index is 0.0969. The van der Waals surface area contributed by atoms with Crippen molar-refractivity contribution in [3.05, 3.63) is 64.1 Å². The van der Waals surface area contributed by atoms with Gasteiger partial charge in [-0.2, -0.15) is 0 Å². The van der Waals surface area contributed by atoms with Gasteiger partial charge in [0.2, 0.25) is 5.90 Å². The largest absolute Gasteiger partial charge is 0.494 e. The molecule has 3 rings (SSSR count). The van der Waals surface area contributed by atoms with Crippen molar-refractivity contribution in [2.75, 3.05) is 20.3 Å². The standard InChI is InChI=1S/C22H25BrN2O4/c1-15-22(21(27)24-2,14-17-6-3-4-7-19(17)23)25-20(29-15)16-8-10-18(11-9-16)28-13-5-12-26/h3-4,6-11,15,26H,5,12-14H2,1-2H3,(H,24,27)/t15-,22-/m1/s1. The van der Waals surface area contributed by atoms with Gasteiger partial charge in [0.1, 0.15) is 11.9 Å². The Morgan fingerprint density at radius 1 is 1.28 bits per heavy atom. The van der Waals surface area contributed by atoms with E-state index in [2.05, 4.69) is 21.2 Å². The van der Waals surface area contributed by atoms with Gasteiger partial charge in [-0.25, -0.2) is 4.99 Å².